The molecule has 0 atom stereocenters. The van der Waals surface area contributed by atoms with E-state index in [2.05, 4.69) is 12.2 Å². The van der Waals surface area contributed by atoms with Gasteiger partial charge in [0.05, 0.1) is 10.6 Å². The summed E-state index contributed by atoms with van der Waals surface area (Å²) >= 11 is 0. The Balaban J connectivity index is 1.86. The molecule has 1 N–H and O–H groups in total. The SMILES string of the molecule is CCCCC(=O)Nc1ccc2c(c1)CCCN2S(=O)(=O)c1ccc(C)cc1. The molecule has 0 unspecified atom stereocenters. The first-order chi connectivity index (χ1) is 12.9. The summed E-state index contributed by atoms with van der Waals surface area (Å²) in [6, 6.07) is 12.4. The topological polar surface area (TPSA) is 66.5 Å². The van der Waals surface area contributed by atoms with Gasteiger partial charge in [0, 0.05) is 18.7 Å². The number of sulfonamides is 1. The zero-order chi connectivity index (χ0) is 19.4. The molecule has 1 amide bonds. The Morgan fingerprint density at radius 2 is 1.89 bits per heavy atom. The molecule has 5 nitrogen and oxygen atoms in total. The molecule has 0 bridgehead atoms. The third-order valence-corrected chi connectivity index (χ3v) is 6.63. The molecule has 3 rings (SSSR count). The molecule has 144 valence electrons. The lowest BCUT2D eigenvalue weighted by atomic mass is 10.0. The van der Waals surface area contributed by atoms with Crippen LogP contribution in [0.5, 0.6) is 0 Å². The first kappa shape index (κ1) is 19.4. The summed E-state index contributed by atoms with van der Waals surface area (Å²) in [6.07, 6.45) is 3.89. The Hall–Kier alpha value is -2.34. The van der Waals surface area contributed by atoms with E-state index in [-0.39, 0.29) is 5.91 Å². The number of hydrogen-bond acceptors (Lipinski definition) is 3. The summed E-state index contributed by atoms with van der Waals surface area (Å²) in [5.41, 5.74) is 3.40. The third kappa shape index (κ3) is 4.33. The number of carbonyl (C=O) groups is 1. The molecule has 1 heterocycles. The van der Waals surface area contributed by atoms with Crippen molar-refractivity contribution in [1.29, 1.82) is 0 Å². The van der Waals surface area contributed by atoms with Crippen molar-refractivity contribution < 1.29 is 13.2 Å². The molecule has 0 saturated carbocycles. The quantitative estimate of drug-likeness (QED) is 0.806. The predicted octanol–water partition coefficient (Wildman–Crippen LogP) is 4.27. The monoisotopic (exact) mass is 386 g/mol. The molecular weight excluding hydrogens is 360 g/mol. The zero-order valence-electron chi connectivity index (χ0n) is 15.9. The summed E-state index contributed by atoms with van der Waals surface area (Å²) in [5, 5.41) is 2.91. The molecule has 1 aliphatic rings. The van der Waals surface area contributed by atoms with Crippen LogP contribution in [0.4, 0.5) is 11.4 Å². The van der Waals surface area contributed by atoms with Crippen LogP contribution in [-0.2, 0) is 21.2 Å². The van der Waals surface area contributed by atoms with E-state index >= 15 is 0 Å². The molecule has 0 fully saturated rings. The van der Waals surface area contributed by atoms with Gasteiger partial charge < -0.3 is 5.32 Å². The molecule has 0 aliphatic carbocycles. The number of nitrogens with one attached hydrogen (secondary N) is 1. The molecule has 27 heavy (non-hydrogen) atoms. The van der Waals surface area contributed by atoms with Crippen molar-refractivity contribution in [3.05, 3.63) is 53.6 Å². The van der Waals surface area contributed by atoms with E-state index in [1.807, 2.05) is 25.1 Å². The fourth-order valence-corrected chi connectivity index (χ4v) is 4.83. The van der Waals surface area contributed by atoms with Crippen molar-refractivity contribution in [3.8, 4) is 0 Å². The molecular formula is C21H26N2O3S. The van der Waals surface area contributed by atoms with Gasteiger partial charge in [-0.3, -0.25) is 9.10 Å². The van der Waals surface area contributed by atoms with Gasteiger partial charge in [0.1, 0.15) is 0 Å². The van der Waals surface area contributed by atoms with Gasteiger partial charge in [-0.25, -0.2) is 8.42 Å². The summed E-state index contributed by atoms with van der Waals surface area (Å²) < 4.78 is 27.7. The van der Waals surface area contributed by atoms with Crippen molar-refractivity contribution in [2.24, 2.45) is 0 Å². The maximum Gasteiger partial charge on any atom is 0.264 e. The molecule has 0 spiro atoms. The number of unbranched alkanes of at least 4 members (excludes halogenated alkanes) is 1. The van der Waals surface area contributed by atoms with E-state index in [1.54, 1.807) is 24.3 Å². The van der Waals surface area contributed by atoms with E-state index in [9.17, 15) is 13.2 Å². The number of benzene rings is 2. The summed E-state index contributed by atoms with van der Waals surface area (Å²) in [6.45, 7) is 4.45. The Bertz CT molecular complexity index is 921. The van der Waals surface area contributed by atoms with Gasteiger partial charge in [0.2, 0.25) is 5.91 Å². The van der Waals surface area contributed by atoms with Gasteiger partial charge in [-0.1, -0.05) is 31.0 Å². The molecule has 2 aromatic carbocycles. The first-order valence-corrected chi connectivity index (χ1v) is 10.9. The lowest BCUT2D eigenvalue weighted by Gasteiger charge is -2.31. The van der Waals surface area contributed by atoms with Crippen molar-refractivity contribution in [2.45, 2.75) is 50.8 Å². The Morgan fingerprint density at radius 1 is 1.15 bits per heavy atom. The minimum Gasteiger partial charge on any atom is -0.326 e. The number of fused-ring (bicyclic) bond motifs is 1. The maximum atomic E-state index is 13.1. The van der Waals surface area contributed by atoms with Gasteiger partial charge in [0.15, 0.2) is 0 Å². The minimum atomic E-state index is -3.59. The van der Waals surface area contributed by atoms with Crippen molar-refractivity contribution in [1.82, 2.24) is 0 Å². The summed E-state index contributed by atoms with van der Waals surface area (Å²) in [4.78, 5) is 12.3. The number of hydrogen-bond donors (Lipinski definition) is 1. The number of rotatable bonds is 6. The predicted molar refractivity (Wildman–Crippen MR) is 109 cm³/mol. The number of nitrogens with zero attached hydrogens (tertiary/aromatic N) is 1. The van der Waals surface area contributed by atoms with Crippen LogP contribution in [0.2, 0.25) is 0 Å². The smallest absolute Gasteiger partial charge is 0.264 e. The fraction of sp³-hybridized carbons (Fsp3) is 0.381. The molecule has 6 heteroatoms. The van der Waals surface area contributed by atoms with Crippen LogP contribution in [0, 0.1) is 6.92 Å². The molecule has 0 saturated heterocycles. The third-order valence-electron chi connectivity index (χ3n) is 4.81. The van der Waals surface area contributed by atoms with Crippen molar-refractivity contribution in [2.75, 3.05) is 16.2 Å². The second-order valence-corrected chi connectivity index (χ2v) is 8.85. The standard InChI is InChI=1S/C21H26N2O3S/c1-3-4-7-21(24)22-18-10-13-20-17(15-18)6-5-14-23(20)27(25,26)19-11-8-16(2)9-12-19/h8-13,15H,3-7,14H2,1-2H3,(H,22,24). The lowest BCUT2D eigenvalue weighted by Crippen LogP contribution is -2.35. The van der Waals surface area contributed by atoms with Crippen LogP contribution < -0.4 is 9.62 Å². The number of amides is 1. The number of anilines is 2. The highest BCUT2D eigenvalue weighted by Gasteiger charge is 2.29. The Morgan fingerprint density at radius 3 is 2.59 bits per heavy atom. The van der Waals surface area contributed by atoms with E-state index in [4.69, 9.17) is 0 Å². The van der Waals surface area contributed by atoms with Gasteiger partial charge in [-0.05, 0) is 62.1 Å². The average molecular weight is 387 g/mol. The van der Waals surface area contributed by atoms with Gasteiger partial charge in [-0.2, -0.15) is 0 Å². The van der Waals surface area contributed by atoms with Crippen LogP contribution in [0.15, 0.2) is 47.4 Å². The highest BCUT2D eigenvalue weighted by molar-refractivity contribution is 7.92. The minimum absolute atomic E-state index is 0.00302. The largest absolute Gasteiger partial charge is 0.326 e. The van der Waals surface area contributed by atoms with E-state index in [0.717, 1.165) is 42.5 Å². The Labute approximate surface area is 161 Å². The first-order valence-electron chi connectivity index (χ1n) is 9.44. The van der Waals surface area contributed by atoms with Crippen LogP contribution >= 0.6 is 0 Å². The van der Waals surface area contributed by atoms with E-state index < -0.39 is 10.0 Å². The van der Waals surface area contributed by atoms with Gasteiger partial charge in [-0.15, -0.1) is 0 Å². The molecule has 1 aliphatic heterocycles. The van der Waals surface area contributed by atoms with Crippen LogP contribution in [0.1, 0.15) is 43.7 Å². The van der Waals surface area contributed by atoms with Crippen molar-refractivity contribution in [3.63, 3.8) is 0 Å². The second-order valence-electron chi connectivity index (χ2n) is 6.99. The van der Waals surface area contributed by atoms with E-state index in [0.29, 0.717) is 23.5 Å². The molecule has 0 radical (unpaired) electrons. The average Bonchev–Trinajstić information content (AvgIpc) is 2.66. The Kier molecular flexibility index (Phi) is 5.85. The van der Waals surface area contributed by atoms with E-state index in [1.165, 1.54) is 4.31 Å². The molecule has 0 aromatic heterocycles. The highest BCUT2D eigenvalue weighted by atomic mass is 32.2. The zero-order valence-corrected chi connectivity index (χ0v) is 16.7. The number of aryl methyl sites for hydroxylation is 2. The van der Waals surface area contributed by atoms with Crippen LogP contribution in [0.25, 0.3) is 0 Å². The van der Waals surface area contributed by atoms with Crippen molar-refractivity contribution >= 4 is 27.3 Å². The maximum absolute atomic E-state index is 13.1. The second kappa shape index (κ2) is 8.13. The summed E-state index contributed by atoms with van der Waals surface area (Å²) in [5.74, 6) is -0.00302. The summed E-state index contributed by atoms with van der Waals surface area (Å²) in [7, 11) is -3.59. The highest BCUT2D eigenvalue weighted by Crippen LogP contribution is 2.33. The van der Waals surface area contributed by atoms with Gasteiger partial charge >= 0.3 is 0 Å². The van der Waals surface area contributed by atoms with Crippen LogP contribution in [0.3, 0.4) is 0 Å². The lowest BCUT2D eigenvalue weighted by molar-refractivity contribution is -0.116. The van der Waals surface area contributed by atoms with Crippen LogP contribution in [-0.4, -0.2) is 20.9 Å². The number of carbonyl (C=O) groups excluding carboxylic acids is 1. The normalized spacial score (nSPS) is 13.9. The fourth-order valence-electron chi connectivity index (χ4n) is 3.29. The van der Waals surface area contributed by atoms with Gasteiger partial charge in [0.25, 0.3) is 10.0 Å². The molecule has 2 aromatic rings.